The highest BCUT2D eigenvalue weighted by Crippen LogP contribution is 2.44. The van der Waals surface area contributed by atoms with E-state index >= 15 is 0 Å². The van der Waals surface area contributed by atoms with Crippen molar-refractivity contribution in [3.05, 3.63) is 50.6 Å². The maximum atomic E-state index is 11.9. The number of Topliss-reactive ketones (excluding diaryl/α,β-unsaturated/α-hetero) is 1. The quantitative estimate of drug-likeness (QED) is 0.738. The summed E-state index contributed by atoms with van der Waals surface area (Å²) < 4.78 is 1.12. The van der Waals surface area contributed by atoms with Crippen molar-refractivity contribution in [3.63, 3.8) is 0 Å². The van der Waals surface area contributed by atoms with Crippen molar-refractivity contribution in [2.24, 2.45) is 0 Å². The molecule has 0 saturated carbocycles. The Morgan fingerprint density at radius 1 is 1.25 bits per heavy atom. The molecule has 3 heteroatoms. The van der Waals surface area contributed by atoms with E-state index in [2.05, 4.69) is 0 Å². The molecule has 0 saturated heterocycles. The van der Waals surface area contributed by atoms with Crippen LogP contribution in [-0.2, 0) is 4.79 Å². The van der Waals surface area contributed by atoms with Crippen LogP contribution < -0.4 is 0 Å². The van der Waals surface area contributed by atoms with E-state index < -0.39 is 0 Å². The third-order valence-electron chi connectivity index (χ3n) is 2.36. The highest BCUT2D eigenvalue weighted by Gasteiger charge is 2.25. The molecule has 82 valence electrons. The van der Waals surface area contributed by atoms with Gasteiger partial charge in [0.25, 0.3) is 0 Å². The van der Waals surface area contributed by atoms with Crippen LogP contribution in [0.4, 0.5) is 0 Å². The van der Waals surface area contributed by atoms with Crippen LogP contribution in [0.2, 0.25) is 0 Å². The van der Waals surface area contributed by atoms with E-state index in [1.165, 1.54) is 0 Å². The second-order valence-corrected chi connectivity index (χ2v) is 5.59. The fourth-order valence-corrected chi connectivity index (χ4v) is 3.38. The van der Waals surface area contributed by atoms with Crippen LogP contribution in [0.1, 0.15) is 12.5 Å². The Balaban J connectivity index is 2.28. The van der Waals surface area contributed by atoms with E-state index in [1.54, 1.807) is 23.5 Å². The van der Waals surface area contributed by atoms with E-state index in [1.807, 2.05) is 49.6 Å². The van der Waals surface area contributed by atoms with Crippen molar-refractivity contribution in [1.29, 1.82) is 0 Å². The Morgan fingerprint density at radius 3 is 2.50 bits per heavy atom. The van der Waals surface area contributed by atoms with E-state index in [0.29, 0.717) is 0 Å². The Bertz CT molecular complexity index is 472. The molecule has 1 heterocycles. The predicted octanol–water partition coefficient (Wildman–Crippen LogP) is 3.94. The first kappa shape index (κ1) is 11.6. The van der Waals surface area contributed by atoms with Gasteiger partial charge in [0.05, 0.1) is 9.14 Å². The molecule has 0 bridgehead atoms. The number of hydrogen-bond donors (Lipinski definition) is 0. The number of carbonyl (C=O) groups excluding carboxylic acids is 1. The van der Waals surface area contributed by atoms with Crippen molar-refractivity contribution in [2.45, 2.75) is 6.92 Å². The highest BCUT2D eigenvalue weighted by atomic mass is 32.2. The van der Waals surface area contributed by atoms with Crippen molar-refractivity contribution in [1.82, 2.24) is 0 Å². The number of ketones is 1. The van der Waals surface area contributed by atoms with E-state index in [9.17, 15) is 4.79 Å². The van der Waals surface area contributed by atoms with Gasteiger partial charge in [0, 0.05) is 5.57 Å². The number of allylic oxidation sites excluding steroid dienone is 2. The van der Waals surface area contributed by atoms with Gasteiger partial charge in [-0.3, -0.25) is 4.79 Å². The predicted molar refractivity (Wildman–Crippen MR) is 73.2 cm³/mol. The first-order valence-corrected chi connectivity index (χ1v) is 7.00. The van der Waals surface area contributed by atoms with Gasteiger partial charge in [0.2, 0.25) is 0 Å². The maximum Gasteiger partial charge on any atom is 0.197 e. The third-order valence-corrected chi connectivity index (χ3v) is 4.80. The lowest BCUT2D eigenvalue weighted by Gasteiger charge is -1.96. The summed E-state index contributed by atoms with van der Waals surface area (Å²) in [5, 5.41) is 0. The summed E-state index contributed by atoms with van der Waals surface area (Å²) >= 11 is 3.22. The van der Waals surface area contributed by atoms with Gasteiger partial charge in [0.15, 0.2) is 5.78 Å². The minimum absolute atomic E-state index is 0.165. The van der Waals surface area contributed by atoms with Gasteiger partial charge in [-0.25, -0.2) is 0 Å². The molecule has 0 amide bonds. The van der Waals surface area contributed by atoms with Gasteiger partial charge in [-0.05, 0) is 24.8 Å². The van der Waals surface area contributed by atoms with Crippen LogP contribution >= 0.6 is 23.5 Å². The van der Waals surface area contributed by atoms with Gasteiger partial charge >= 0.3 is 0 Å². The molecular weight excluding hydrogens is 236 g/mol. The molecule has 0 atom stereocenters. The van der Waals surface area contributed by atoms with Gasteiger partial charge in [-0.1, -0.05) is 42.1 Å². The minimum Gasteiger partial charge on any atom is -0.288 e. The molecule has 0 fully saturated rings. The lowest BCUT2D eigenvalue weighted by molar-refractivity contribution is -0.111. The molecule has 1 aliphatic rings. The summed E-state index contributed by atoms with van der Waals surface area (Å²) in [7, 11) is 0. The zero-order valence-corrected chi connectivity index (χ0v) is 10.8. The highest BCUT2D eigenvalue weighted by molar-refractivity contribution is 8.24. The number of carbonyl (C=O) groups is 1. The zero-order chi connectivity index (χ0) is 11.5. The average molecular weight is 248 g/mol. The largest absolute Gasteiger partial charge is 0.288 e. The zero-order valence-electron chi connectivity index (χ0n) is 9.19. The van der Waals surface area contributed by atoms with E-state index in [4.69, 9.17) is 0 Å². The fraction of sp³-hybridized carbons (Fsp3) is 0.154. The Morgan fingerprint density at radius 2 is 1.94 bits per heavy atom. The number of benzene rings is 1. The molecule has 0 aromatic heterocycles. The average Bonchev–Trinajstić information content (AvgIpc) is 2.58. The molecule has 2 rings (SSSR count). The molecule has 0 spiro atoms. The number of hydrogen-bond acceptors (Lipinski definition) is 3. The minimum atomic E-state index is 0.165. The molecule has 0 radical (unpaired) electrons. The molecule has 1 nitrogen and oxygen atoms in total. The summed E-state index contributed by atoms with van der Waals surface area (Å²) in [4.78, 5) is 12.7. The van der Waals surface area contributed by atoms with Crippen LogP contribution in [0.5, 0.6) is 0 Å². The van der Waals surface area contributed by atoms with Crippen molar-refractivity contribution in [2.75, 3.05) is 6.26 Å². The smallest absolute Gasteiger partial charge is 0.197 e. The summed E-state index contributed by atoms with van der Waals surface area (Å²) in [6.45, 7) is 1.90. The molecular formula is C13H12OS2. The van der Waals surface area contributed by atoms with Gasteiger partial charge in [0.1, 0.15) is 0 Å². The van der Waals surface area contributed by atoms with Crippen molar-refractivity contribution < 1.29 is 4.79 Å². The molecule has 1 aromatic carbocycles. The van der Waals surface area contributed by atoms with Crippen LogP contribution in [0, 0.1) is 0 Å². The maximum absolute atomic E-state index is 11.9. The van der Waals surface area contributed by atoms with Crippen molar-refractivity contribution in [3.8, 4) is 0 Å². The van der Waals surface area contributed by atoms with Crippen LogP contribution in [0.3, 0.4) is 0 Å². The number of thioether (sulfide) groups is 2. The monoisotopic (exact) mass is 248 g/mol. The fourth-order valence-electron chi connectivity index (χ4n) is 1.49. The molecule has 0 N–H and O–H groups in total. The second-order valence-electron chi connectivity index (χ2n) is 3.47. The SMILES string of the molecule is CSC1=C(C)C(=O)/C(=C/c2ccccc2)S1. The second kappa shape index (κ2) is 4.93. The lowest BCUT2D eigenvalue weighted by atomic mass is 10.1. The summed E-state index contributed by atoms with van der Waals surface area (Å²) in [6.07, 6.45) is 3.96. The number of rotatable bonds is 2. The first-order valence-electron chi connectivity index (χ1n) is 4.96. The third kappa shape index (κ3) is 2.25. The van der Waals surface area contributed by atoms with Crippen LogP contribution in [0.15, 0.2) is 45.0 Å². The Labute approximate surface area is 104 Å². The summed E-state index contributed by atoms with van der Waals surface area (Å²) in [5.74, 6) is 0.165. The van der Waals surface area contributed by atoms with E-state index in [-0.39, 0.29) is 5.78 Å². The van der Waals surface area contributed by atoms with Gasteiger partial charge in [-0.15, -0.1) is 11.8 Å². The standard InChI is InChI=1S/C13H12OS2/c1-9-12(14)11(16-13(9)15-2)8-10-6-4-3-5-7-10/h3-8H,1-2H3/b11-8-. The lowest BCUT2D eigenvalue weighted by Crippen LogP contribution is -1.94. The normalized spacial score (nSPS) is 18.6. The summed E-state index contributed by atoms with van der Waals surface area (Å²) in [6, 6.07) is 9.95. The van der Waals surface area contributed by atoms with Crippen LogP contribution in [0.25, 0.3) is 6.08 Å². The molecule has 0 unspecified atom stereocenters. The summed E-state index contributed by atoms with van der Waals surface area (Å²) in [5.41, 5.74) is 1.95. The van der Waals surface area contributed by atoms with E-state index in [0.717, 1.165) is 20.3 Å². The first-order chi connectivity index (χ1) is 7.72. The molecule has 1 aromatic rings. The molecule has 0 aliphatic carbocycles. The van der Waals surface area contributed by atoms with Crippen molar-refractivity contribution >= 4 is 35.4 Å². The Hall–Kier alpha value is -0.930. The topological polar surface area (TPSA) is 17.1 Å². The van der Waals surface area contributed by atoms with Gasteiger partial charge < -0.3 is 0 Å². The molecule has 1 aliphatic heterocycles. The molecule has 16 heavy (non-hydrogen) atoms. The Kier molecular flexibility index (Phi) is 3.56. The van der Waals surface area contributed by atoms with Gasteiger partial charge in [-0.2, -0.15) is 0 Å². The van der Waals surface area contributed by atoms with Crippen LogP contribution in [-0.4, -0.2) is 12.0 Å².